The van der Waals surface area contributed by atoms with Crippen molar-refractivity contribution in [3.05, 3.63) is 11.6 Å². The molecule has 1 N–H and O–H groups in total. The summed E-state index contributed by atoms with van der Waals surface area (Å²) < 4.78 is 62.9. The van der Waals surface area contributed by atoms with Crippen LogP contribution < -0.4 is 5.32 Å². The Hall–Kier alpha value is -0.700. The smallest absolute Gasteiger partial charge is 0.346 e. The van der Waals surface area contributed by atoms with Crippen molar-refractivity contribution < 1.29 is 24.6 Å². The fraction of sp³-hybridized carbons (Fsp3) is 0.333. The number of nitrogens with one attached hydrogen (secondary N) is 1. The van der Waals surface area contributed by atoms with E-state index >= 15 is 0 Å². The third-order valence-electron chi connectivity index (χ3n) is 0.736. The maximum atomic E-state index is 11.9. The maximum Gasteiger partial charge on any atom is 0.346 e. The van der Waals surface area contributed by atoms with Gasteiger partial charge >= 0.3 is 20.4 Å². The highest BCUT2D eigenvalue weighted by atomic mass is 32.3. The van der Waals surface area contributed by atoms with Gasteiger partial charge in [0.15, 0.2) is 5.03 Å². The first kappa shape index (κ1) is 11.3. The predicted octanol–water partition coefficient (Wildman–Crippen LogP) is -0.397. The lowest BCUT2D eigenvalue weighted by atomic mass is 11.0. The normalized spacial score (nSPS) is 12.5. The van der Waals surface area contributed by atoms with Crippen LogP contribution in [0.15, 0.2) is 11.6 Å². The topological polar surface area (TPSA) is 80.3 Å². The number of rotatable bonds is 4. The number of hydrogen-bond donors (Lipinski definition) is 1. The second-order valence-corrected chi connectivity index (χ2v) is 4.46. The van der Waals surface area contributed by atoms with Crippen LogP contribution in [0.2, 0.25) is 0 Å². The van der Waals surface area contributed by atoms with Crippen molar-refractivity contribution >= 4 is 20.4 Å². The van der Waals surface area contributed by atoms with Gasteiger partial charge in [-0.1, -0.05) is 10.5 Å². The number of hydrogen-bond acceptors (Lipinski definition) is 5. The summed E-state index contributed by atoms with van der Waals surface area (Å²) in [6, 6.07) is 0. The standard InChI is InChI=1S/C3H5F2NO4S2/c1-3(12(5,9)10)6-2-11(4,7)8/h6H,1-2H2. The Morgan fingerprint density at radius 3 is 1.92 bits per heavy atom. The van der Waals surface area contributed by atoms with Gasteiger partial charge in [0.05, 0.1) is 0 Å². The van der Waals surface area contributed by atoms with E-state index in [0.29, 0.717) is 0 Å². The Morgan fingerprint density at radius 2 is 1.67 bits per heavy atom. The summed E-state index contributed by atoms with van der Waals surface area (Å²) in [5.74, 6) is -1.32. The largest absolute Gasteiger partial charge is 0.358 e. The van der Waals surface area contributed by atoms with Crippen molar-refractivity contribution in [2.75, 3.05) is 5.88 Å². The first-order chi connectivity index (χ1) is 5.13. The zero-order valence-corrected chi connectivity index (χ0v) is 7.25. The Balaban J connectivity index is 4.27. The quantitative estimate of drug-likeness (QED) is 0.653. The highest BCUT2D eigenvalue weighted by Gasteiger charge is 2.15. The molecule has 0 fully saturated rings. The van der Waals surface area contributed by atoms with Gasteiger partial charge in [-0.15, -0.1) is 3.89 Å². The van der Waals surface area contributed by atoms with Crippen LogP contribution in [0.25, 0.3) is 0 Å². The molecule has 0 aromatic rings. The summed E-state index contributed by atoms with van der Waals surface area (Å²) in [4.78, 5) is 0. The fourth-order valence-electron chi connectivity index (χ4n) is 0.253. The van der Waals surface area contributed by atoms with Gasteiger partial charge in [0, 0.05) is 0 Å². The van der Waals surface area contributed by atoms with Crippen LogP contribution in [0, 0.1) is 0 Å². The van der Waals surface area contributed by atoms with Gasteiger partial charge in [-0.25, -0.2) is 0 Å². The molecule has 0 aromatic heterocycles. The van der Waals surface area contributed by atoms with Gasteiger partial charge in [0.1, 0.15) is 5.88 Å². The highest BCUT2D eigenvalue weighted by molar-refractivity contribution is 7.90. The highest BCUT2D eigenvalue weighted by Crippen LogP contribution is 2.01. The van der Waals surface area contributed by atoms with E-state index in [1.54, 1.807) is 0 Å². The summed E-state index contributed by atoms with van der Waals surface area (Å²) in [7, 11) is -9.94. The molecule has 0 aliphatic carbocycles. The van der Waals surface area contributed by atoms with E-state index in [0.717, 1.165) is 0 Å². The SMILES string of the molecule is C=C(NCS(=O)(=O)F)S(=O)(=O)F. The van der Waals surface area contributed by atoms with Crippen LogP contribution in [0.3, 0.4) is 0 Å². The Morgan fingerprint density at radius 1 is 1.25 bits per heavy atom. The van der Waals surface area contributed by atoms with Crippen LogP contribution in [-0.2, 0) is 20.4 Å². The van der Waals surface area contributed by atoms with Crippen molar-refractivity contribution in [1.82, 2.24) is 5.32 Å². The summed E-state index contributed by atoms with van der Waals surface area (Å²) >= 11 is 0. The molecule has 0 bridgehead atoms. The lowest BCUT2D eigenvalue weighted by molar-refractivity contribution is 0.545. The molecule has 0 radical (unpaired) electrons. The average molecular weight is 221 g/mol. The van der Waals surface area contributed by atoms with Crippen LogP contribution in [-0.4, -0.2) is 22.7 Å². The van der Waals surface area contributed by atoms with Crippen LogP contribution >= 0.6 is 0 Å². The molecule has 0 aromatic carbocycles. The van der Waals surface area contributed by atoms with Crippen molar-refractivity contribution in [3.8, 4) is 0 Å². The molecular weight excluding hydrogens is 216 g/mol. The van der Waals surface area contributed by atoms with Gasteiger partial charge in [-0.3, -0.25) is 0 Å². The van der Waals surface area contributed by atoms with E-state index in [-0.39, 0.29) is 0 Å². The molecule has 0 aliphatic heterocycles. The predicted molar refractivity (Wildman–Crippen MR) is 37.2 cm³/mol. The maximum absolute atomic E-state index is 11.9. The lowest BCUT2D eigenvalue weighted by Gasteiger charge is -2.00. The van der Waals surface area contributed by atoms with Crippen molar-refractivity contribution in [3.63, 3.8) is 0 Å². The first-order valence-electron chi connectivity index (χ1n) is 2.43. The molecule has 5 nitrogen and oxygen atoms in total. The molecule has 0 heterocycles. The van der Waals surface area contributed by atoms with Gasteiger partial charge < -0.3 is 5.32 Å². The summed E-state index contributed by atoms with van der Waals surface area (Å²) in [5, 5.41) is 0.251. The van der Waals surface area contributed by atoms with Crippen LogP contribution in [0.1, 0.15) is 0 Å². The van der Waals surface area contributed by atoms with E-state index in [2.05, 4.69) is 6.58 Å². The molecule has 72 valence electrons. The van der Waals surface area contributed by atoms with Crippen LogP contribution in [0.4, 0.5) is 7.77 Å². The van der Waals surface area contributed by atoms with Gasteiger partial charge in [-0.05, 0) is 0 Å². The monoisotopic (exact) mass is 221 g/mol. The van der Waals surface area contributed by atoms with E-state index in [4.69, 9.17) is 0 Å². The minimum absolute atomic E-state index is 1.19. The molecule has 0 amide bonds. The third-order valence-corrected chi connectivity index (χ3v) is 1.96. The minimum atomic E-state index is -5.06. The Labute approximate surface area is 68.5 Å². The second kappa shape index (κ2) is 3.35. The average Bonchev–Trinajstić information content (AvgIpc) is 1.78. The van der Waals surface area contributed by atoms with Gasteiger partial charge in [0.2, 0.25) is 0 Å². The molecule has 0 saturated carbocycles. The third kappa shape index (κ3) is 5.02. The molecule has 0 aliphatic rings. The lowest BCUT2D eigenvalue weighted by Crippen LogP contribution is -2.22. The molecule has 0 spiro atoms. The molecule has 0 atom stereocenters. The van der Waals surface area contributed by atoms with Crippen molar-refractivity contribution in [2.24, 2.45) is 0 Å². The molecule has 0 saturated heterocycles. The summed E-state index contributed by atoms with van der Waals surface area (Å²) in [5.41, 5.74) is 0. The summed E-state index contributed by atoms with van der Waals surface area (Å²) in [6.07, 6.45) is 0. The van der Waals surface area contributed by atoms with E-state index in [1.807, 2.05) is 0 Å². The van der Waals surface area contributed by atoms with E-state index < -0.39 is 31.4 Å². The molecule has 0 rings (SSSR count). The first-order valence-corrected chi connectivity index (χ1v) is 5.36. The molecule has 0 unspecified atom stereocenters. The van der Waals surface area contributed by atoms with Gasteiger partial charge in [0.25, 0.3) is 0 Å². The number of halogens is 2. The zero-order chi connectivity index (χ0) is 9.99. The fourth-order valence-corrected chi connectivity index (χ4v) is 0.935. The van der Waals surface area contributed by atoms with Crippen LogP contribution in [0.5, 0.6) is 0 Å². The molecule has 9 heteroatoms. The van der Waals surface area contributed by atoms with Crippen molar-refractivity contribution in [2.45, 2.75) is 0 Å². The molecular formula is C3H5F2NO4S2. The van der Waals surface area contributed by atoms with E-state index in [1.165, 1.54) is 5.32 Å². The Kier molecular flexibility index (Phi) is 3.16. The zero-order valence-electron chi connectivity index (χ0n) is 5.62. The second-order valence-electron chi connectivity index (χ2n) is 1.72. The van der Waals surface area contributed by atoms with Gasteiger partial charge in [-0.2, -0.15) is 16.8 Å². The Bertz CT molecular complexity index is 369. The van der Waals surface area contributed by atoms with Crippen molar-refractivity contribution in [1.29, 1.82) is 0 Å². The molecule has 12 heavy (non-hydrogen) atoms. The van der Waals surface area contributed by atoms with E-state index in [9.17, 15) is 24.6 Å². The minimum Gasteiger partial charge on any atom is -0.358 e. The summed E-state index contributed by atoms with van der Waals surface area (Å²) in [6.45, 7) is 2.62.